The average Bonchev–Trinajstić information content (AvgIpc) is 2.71. The summed E-state index contributed by atoms with van der Waals surface area (Å²) in [5, 5.41) is 24.1. The van der Waals surface area contributed by atoms with Gasteiger partial charge in [0.25, 0.3) is 0 Å². The van der Waals surface area contributed by atoms with Crippen molar-refractivity contribution in [3.63, 3.8) is 0 Å². The number of nitrogens with zero attached hydrogens (tertiary/aromatic N) is 3. The third-order valence-corrected chi connectivity index (χ3v) is 3.32. The SMILES string of the molecule is Nc1cnn([C@@H]2O[C@H](CO)C(CO)C2(F)C#CCl)c(=O)n1. The fourth-order valence-corrected chi connectivity index (χ4v) is 2.36. The second-order valence-electron chi connectivity index (χ2n) is 4.39. The second-order valence-corrected chi connectivity index (χ2v) is 4.58. The van der Waals surface area contributed by atoms with Crippen LogP contribution in [-0.2, 0) is 4.74 Å². The van der Waals surface area contributed by atoms with E-state index in [2.05, 4.69) is 16.0 Å². The molecular weight excluding hydrogens is 307 g/mol. The fraction of sp³-hybridized carbons (Fsp3) is 0.545. The smallest absolute Gasteiger partial charge is 0.368 e. The maximum Gasteiger partial charge on any atom is 0.368 e. The zero-order chi connectivity index (χ0) is 15.6. The fourth-order valence-electron chi connectivity index (χ4n) is 2.22. The number of hydrogen-bond donors (Lipinski definition) is 3. The minimum atomic E-state index is -2.52. The van der Waals surface area contributed by atoms with E-state index >= 15 is 4.39 Å². The molecule has 4 N–H and O–H groups in total. The molecule has 1 fully saturated rings. The number of halogens is 2. The first-order valence-electron chi connectivity index (χ1n) is 5.88. The predicted octanol–water partition coefficient (Wildman–Crippen LogP) is -1.37. The van der Waals surface area contributed by atoms with Crippen molar-refractivity contribution in [2.45, 2.75) is 18.0 Å². The molecule has 1 aliphatic heterocycles. The molecule has 0 saturated carbocycles. The van der Waals surface area contributed by atoms with Gasteiger partial charge in [0.2, 0.25) is 11.9 Å². The number of aromatic nitrogens is 3. The zero-order valence-electron chi connectivity index (χ0n) is 10.6. The molecule has 4 atom stereocenters. The molecule has 1 aliphatic rings. The highest BCUT2D eigenvalue weighted by atomic mass is 35.5. The van der Waals surface area contributed by atoms with E-state index in [-0.39, 0.29) is 5.82 Å². The van der Waals surface area contributed by atoms with Crippen molar-refractivity contribution in [2.75, 3.05) is 18.9 Å². The zero-order valence-corrected chi connectivity index (χ0v) is 11.4. The van der Waals surface area contributed by atoms with Gasteiger partial charge in [-0.25, -0.2) is 9.18 Å². The molecule has 21 heavy (non-hydrogen) atoms. The van der Waals surface area contributed by atoms with Gasteiger partial charge in [-0.15, -0.1) is 0 Å². The molecule has 2 unspecified atom stereocenters. The van der Waals surface area contributed by atoms with Crippen molar-refractivity contribution in [1.29, 1.82) is 0 Å². The number of hydrogen-bond acceptors (Lipinski definition) is 7. The van der Waals surface area contributed by atoms with Gasteiger partial charge >= 0.3 is 5.69 Å². The van der Waals surface area contributed by atoms with Crippen LogP contribution in [0.15, 0.2) is 11.0 Å². The number of alkyl halides is 1. The molecule has 0 radical (unpaired) electrons. The van der Waals surface area contributed by atoms with Crippen molar-refractivity contribution in [1.82, 2.24) is 14.8 Å². The summed E-state index contributed by atoms with van der Waals surface area (Å²) < 4.78 is 21.0. The van der Waals surface area contributed by atoms with E-state index in [1.807, 2.05) is 5.38 Å². The summed E-state index contributed by atoms with van der Waals surface area (Å²) in [6.07, 6.45) is -1.65. The van der Waals surface area contributed by atoms with Crippen LogP contribution in [0, 0.1) is 17.2 Å². The van der Waals surface area contributed by atoms with E-state index in [0.29, 0.717) is 4.68 Å². The standard InChI is InChI=1S/C11H12ClFN4O4/c12-2-1-11(13)6(4-18)7(5-19)21-9(11)17-10(20)16-8(14)3-15-17/h3,6-7,9,18-19H,4-5H2,(H2,14,16,20)/t6?,7-,9-,11?/m1/s1. The van der Waals surface area contributed by atoms with Crippen molar-refractivity contribution in [2.24, 2.45) is 5.92 Å². The van der Waals surface area contributed by atoms with Crippen LogP contribution in [0.5, 0.6) is 0 Å². The number of ether oxygens (including phenoxy) is 1. The van der Waals surface area contributed by atoms with Crippen LogP contribution in [0.4, 0.5) is 10.2 Å². The molecule has 114 valence electrons. The molecule has 0 amide bonds. The Labute approximate surface area is 123 Å². The molecule has 8 nitrogen and oxygen atoms in total. The van der Waals surface area contributed by atoms with Crippen molar-refractivity contribution in [3.8, 4) is 11.3 Å². The van der Waals surface area contributed by atoms with Gasteiger partial charge in [0.05, 0.1) is 31.4 Å². The first-order chi connectivity index (χ1) is 9.97. The van der Waals surface area contributed by atoms with Crippen LogP contribution in [0.2, 0.25) is 0 Å². The van der Waals surface area contributed by atoms with E-state index in [0.717, 1.165) is 6.20 Å². The van der Waals surface area contributed by atoms with Crippen LogP contribution < -0.4 is 11.4 Å². The molecule has 0 spiro atoms. The van der Waals surface area contributed by atoms with E-state index < -0.39 is 42.8 Å². The topological polar surface area (TPSA) is 123 Å². The molecule has 10 heteroatoms. The van der Waals surface area contributed by atoms with Crippen LogP contribution in [-0.4, -0.2) is 50.0 Å². The second kappa shape index (κ2) is 5.95. The van der Waals surface area contributed by atoms with Gasteiger partial charge in [-0.05, 0) is 17.5 Å². The van der Waals surface area contributed by atoms with Gasteiger partial charge in [0.1, 0.15) is 5.82 Å². The molecule has 0 bridgehead atoms. The quantitative estimate of drug-likeness (QED) is 0.587. The van der Waals surface area contributed by atoms with Gasteiger partial charge in [0.15, 0.2) is 0 Å². The summed E-state index contributed by atoms with van der Waals surface area (Å²) in [6.45, 7) is -1.24. The average molecular weight is 319 g/mol. The molecule has 2 rings (SSSR count). The molecular formula is C11H12ClFN4O4. The first kappa shape index (κ1) is 15.7. The van der Waals surface area contributed by atoms with Crippen LogP contribution in [0.3, 0.4) is 0 Å². The van der Waals surface area contributed by atoms with Crippen LogP contribution >= 0.6 is 11.6 Å². The van der Waals surface area contributed by atoms with E-state index in [1.54, 1.807) is 0 Å². The lowest BCUT2D eigenvalue weighted by Gasteiger charge is -2.24. The van der Waals surface area contributed by atoms with Crippen LogP contribution in [0.25, 0.3) is 0 Å². The highest BCUT2D eigenvalue weighted by Crippen LogP contribution is 2.44. The molecule has 1 saturated heterocycles. The lowest BCUT2D eigenvalue weighted by Crippen LogP contribution is -2.43. The molecule has 2 heterocycles. The predicted molar refractivity (Wildman–Crippen MR) is 69.7 cm³/mol. The largest absolute Gasteiger partial charge is 0.396 e. The van der Waals surface area contributed by atoms with Crippen molar-refractivity contribution < 1.29 is 19.3 Å². The van der Waals surface area contributed by atoms with Gasteiger partial charge in [-0.2, -0.15) is 14.8 Å². The van der Waals surface area contributed by atoms with E-state index in [1.165, 1.54) is 0 Å². The normalized spacial score (nSPS) is 31.7. The maximum atomic E-state index is 15.1. The summed E-state index contributed by atoms with van der Waals surface area (Å²) in [4.78, 5) is 15.2. The number of nitrogen functional groups attached to an aromatic ring is 1. The number of anilines is 1. The van der Waals surface area contributed by atoms with Gasteiger partial charge < -0.3 is 20.7 Å². The van der Waals surface area contributed by atoms with Gasteiger partial charge in [0, 0.05) is 5.38 Å². The molecule has 1 aromatic rings. The third-order valence-electron chi connectivity index (χ3n) is 3.22. The van der Waals surface area contributed by atoms with Crippen molar-refractivity contribution >= 4 is 17.4 Å². The Balaban J connectivity index is 2.54. The Hall–Kier alpha value is -1.73. The third kappa shape index (κ3) is 2.58. The summed E-state index contributed by atoms with van der Waals surface area (Å²) in [5.41, 5.74) is 1.84. The Morgan fingerprint density at radius 3 is 2.81 bits per heavy atom. The van der Waals surface area contributed by atoms with Gasteiger partial charge in [-0.3, -0.25) is 0 Å². The number of aliphatic hydroxyl groups excluding tert-OH is 2. The first-order valence-corrected chi connectivity index (χ1v) is 6.26. The molecule has 0 aromatic carbocycles. The lowest BCUT2D eigenvalue weighted by atomic mass is 9.88. The summed E-state index contributed by atoms with van der Waals surface area (Å²) >= 11 is 5.26. The van der Waals surface area contributed by atoms with Crippen molar-refractivity contribution in [3.05, 3.63) is 16.7 Å². The minimum Gasteiger partial charge on any atom is -0.396 e. The van der Waals surface area contributed by atoms with E-state index in [9.17, 15) is 15.0 Å². The highest BCUT2D eigenvalue weighted by Gasteiger charge is 2.58. The van der Waals surface area contributed by atoms with Gasteiger partial charge in [-0.1, -0.05) is 0 Å². The Kier molecular flexibility index (Phi) is 4.43. The Morgan fingerprint density at radius 2 is 2.29 bits per heavy atom. The number of aliphatic hydroxyl groups is 2. The lowest BCUT2D eigenvalue weighted by molar-refractivity contribution is -0.0600. The minimum absolute atomic E-state index is 0.139. The summed E-state index contributed by atoms with van der Waals surface area (Å²) in [5.74, 6) is 0.727. The summed E-state index contributed by atoms with van der Waals surface area (Å²) in [6, 6.07) is 0. The van der Waals surface area contributed by atoms with Crippen LogP contribution in [0.1, 0.15) is 6.23 Å². The summed E-state index contributed by atoms with van der Waals surface area (Å²) in [7, 11) is 0. The molecule has 0 aliphatic carbocycles. The Morgan fingerprint density at radius 1 is 1.57 bits per heavy atom. The number of nitrogens with two attached hydrogens (primary N) is 1. The molecule has 1 aromatic heterocycles. The van der Waals surface area contributed by atoms with E-state index in [4.69, 9.17) is 22.1 Å². The highest BCUT2D eigenvalue weighted by molar-refractivity contribution is 6.30. The Bertz CT molecular complexity index is 645. The monoisotopic (exact) mass is 318 g/mol. The number of rotatable bonds is 3. The maximum absolute atomic E-state index is 15.1.